The van der Waals surface area contributed by atoms with Crippen LogP contribution in [0, 0.1) is 12.8 Å². The van der Waals surface area contributed by atoms with Crippen molar-refractivity contribution >= 4 is 35.0 Å². The average molecular weight is 282 g/mol. The molecule has 0 saturated carbocycles. The summed E-state index contributed by atoms with van der Waals surface area (Å²) in [5.74, 6) is -2.40. The van der Waals surface area contributed by atoms with Gasteiger partial charge in [0.15, 0.2) is 0 Å². The second kappa shape index (κ2) is 5.27. The van der Waals surface area contributed by atoms with Gasteiger partial charge in [0.25, 0.3) is 11.8 Å². The van der Waals surface area contributed by atoms with E-state index in [1.165, 1.54) is 0 Å². The number of benzene rings is 1. The van der Waals surface area contributed by atoms with Gasteiger partial charge in [-0.2, -0.15) is 0 Å². The molecule has 1 aromatic carbocycles. The molecule has 7 heteroatoms. The molecule has 1 heterocycles. The van der Waals surface area contributed by atoms with Crippen molar-refractivity contribution in [3.8, 4) is 0 Å². The molecule has 1 aromatic rings. The fourth-order valence-corrected chi connectivity index (χ4v) is 1.91. The maximum Gasteiger partial charge on any atom is 0.251 e. The number of carbonyl (C=O) groups is 3. The molecule has 3 N–H and O–H groups in total. The first-order valence-electron chi connectivity index (χ1n) is 5.63. The average Bonchev–Trinajstić information content (AvgIpc) is 2.67. The lowest BCUT2D eigenvalue weighted by atomic mass is 10.0. The Bertz CT molecular complexity index is 543. The molecule has 0 bridgehead atoms. The van der Waals surface area contributed by atoms with E-state index in [1.54, 1.807) is 25.1 Å². The first-order valence-corrected chi connectivity index (χ1v) is 6.01. The van der Waals surface area contributed by atoms with Crippen LogP contribution >= 0.6 is 11.6 Å². The molecule has 0 atom stereocenters. The highest BCUT2D eigenvalue weighted by atomic mass is 35.5. The Labute approximate surface area is 114 Å². The molecule has 1 aliphatic heterocycles. The number of hydrogen-bond donors (Lipinski definition) is 3. The highest BCUT2D eigenvalue weighted by Crippen LogP contribution is 2.23. The highest BCUT2D eigenvalue weighted by Gasteiger charge is 2.34. The molecule has 2 rings (SSSR count). The van der Waals surface area contributed by atoms with E-state index in [-0.39, 0.29) is 6.42 Å². The van der Waals surface area contributed by atoms with E-state index in [1.807, 2.05) is 0 Å². The molecule has 6 nitrogen and oxygen atoms in total. The Morgan fingerprint density at radius 3 is 2.58 bits per heavy atom. The Morgan fingerprint density at radius 1 is 1.32 bits per heavy atom. The summed E-state index contributed by atoms with van der Waals surface area (Å²) in [6, 6.07) is 5.12. The molecule has 0 aromatic heterocycles. The van der Waals surface area contributed by atoms with Crippen LogP contribution in [0.2, 0.25) is 5.02 Å². The van der Waals surface area contributed by atoms with Crippen molar-refractivity contribution in [1.29, 1.82) is 0 Å². The van der Waals surface area contributed by atoms with Crippen LogP contribution in [0.1, 0.15) is 12.0 Å². The lowest BCUT2D eigenvalue weighted by Gasteiger charge is -2.10. The summed E-state index contributed by atoms with van der Waals surface area (Å²) in [7, 11) is 0. The molecular formula is C12H12ClN3O3. The number of hydrazine groups is 1. The van der Waals surface area contributed by atoms with E-state index < -0.39 is 23.6 Å². The minimum Gasteiger partial charge on any atom is -0.326 e. The van der Waals surface area contributed by atoms with Crippen molar-refractivity contribution in [2.24, 2.45) is 5.92 Å². The lowest BCUT2D eigenvalue weighted by molar-refractivity contribution is -0.131. The van der Waals surface area contributed by atoms with Gasteiger partial charge in [-0.3, -0.25) is 25.2 Å². The summed E-state index contributed by atoms with van der Waals surface area (Å²) in [6.07, 6.45) is -0.205. The van der Waals surface area contributed by atoms with Crippen molar-refractivity contribution in [3.05, 3.63) is 28.8 Å². The van der Waals surface area contributed by atoms with E-state index in [2.05, 4.69) is 16.2 Å². The van der Waals surface area contributed by atoms with Gasteiger partial charge in [0.2, 0.25) is 5.91 Å². The maximum absolute atomic E-state index is 11.8. The van der Waals surface area contributed by atoms with Crippen LogP contribution in [0.4, 0.5) is 5.69 Å². The van der Waals surface area contributed by atoms with E-state index in [4.69, 9.17) is 11.6 Å². The zero-order valence-corrected chi connectivity index (χ0v) is 10.9. The molecule has 19 heavy (non-hydrogen) atoms. The number of hydrogen-bond acceptors (Lipinski definition) is 3. The summed E-state index contributed by atoms with van der Waals surface area (Å²) in [4.78, 5) is 34.4. The fraction of sp³-hybridized carbons (Fsp3) is 0.250. The fourth-order valence-electron chi connectivity index (χ4n) is 1.73. The summed E-state index contributed by atoms with van der Waals surface area (Å²) >= 11 is 5.93. The third kappa shape index (κ3) is 2.85. The van der Waals surface area contributed by atoms with Gasteiger partial charge >= 0.3 is 0 Å². The monoisotopic (exact) mass is 281 g/mol. The second-order valence-corrected chi connectivity index (χ2v) is 4.60. The van der Waals surface area contributed by atoms with Crippen LogP contribution in [-0.2, 0) is 14.4 Å². The molecule has 1 aliphatic rings. The van der Waals surface area contributed by atoms with Crippen molar-refractivity contribution in [3.63, 3.8) is 0 Å². The molecule has 0 radical (unpaired) electrons. The number of amides is 3. The Hall–Kier alpha value is -2.08. The van der Waals surface area contributed by atoms with E-state index in [0.29, 0.717) is 10.7 Å². The van der Waals surface area contributed by atoms with Gasteiger partial charge in [0.05, 0.1) is 0 Å². The zero-order chi connectivity index (χ0) is 14.0. The number of nitrogens with one attached hydrogen (secondary N) is 3. The summed E-state index contributed by atoms with van der Waals surface area (Å²) < 4.78 is 0. The maximum atomic E-state index is 11.8. The normalized spacial score (nSPS) is 15.1. The Morgan fingerprint density at radius 2 is 1.95 bits per heavy atom. The van der Waals surface area contributed by atoms with Crippen LogP contribution in [0.5, 0.6) is 0 Å². The minimum absolute atomic E-state index is 0.205. The molecule has 1 saturated heterocycles. The standard InChI is InChI=1S/C12H12ClN3O3/c1-6-8(13)3-2-4-9(6)14-10(17)5-7-11(18)15-16-12(7)19/h2-4,7H,5H2,1H3,(H,14,17)(H,15,18)(H,16,19). The van der Waals surface area contributed by atoms with E-state index >= 15 is 0 Å². The van der Waals surface area contributed by atoms with Crippen molar-refractivity contribution in [2.75, 3.05) is 5.32 Å². The first kappa shape index (κ1) is 13.4. The van der Waals surface area contributed by atoms with Crippen LogP contribution in [0.15, 0.2) is 18.2 Å². The van der Waals surface area contributed by atoms with Crippen molar-refractivity contribution < 1.29 is 14.4 Å². The van der Waals surface area contributed by atoms with Crippen LogP contribution in [0.3, 0.4) is 0 Å². The van der Waals surface area contributed by atoms with Gasteiger partial charge in [-0.05, 0) is 24.6 Å². The highest BCUT2D eigenvalue weighted by molar-refractivity contribution is 6.31. The Kier molecular flexibility index (Phi) is 3.71. The van der Waals surface area contributed by atoms with Gasteiger partial charge in [-0.15, -0.1) is 0 Å². The molecule has 0 aliphatic carbocycles. The van der Waals surface area contributed by atoms with E-state index in [9.17, 15) is 14.4 Å². The smallest absolute Gasteiger partial charge is 0.251 e. The quantitative estimate of drug-likeness (QED) is 0.715. The number of carbonyl (C=O) groups excluding carboxylic acids is 3. The largest absolute Gasteiger partial charge is 0.326 e. The number of halogens is 1. The predicted molar refractivity (Wildman–Crippen MR) is 69.2 cm³/mol. The number of rotatable bonds is 3. The SMILES string of the molecule is Cc1c(Cl)cccc1NC(=O)CC1C(=O)NNC1=O. The van der Waals surface area contributed by atoms with Gasteiger partial charge in [-0.25, -0.2) is 0 Å². The minimum atomic E-state index is -0.987. The van der Waals surface area contributed by atoms with Gasteiger partial charge < -0.3 is 5.32 Å². The molecule has 0 spiro atoms. The van der Waals surface area contributed by atoms with Crippen molar-refractivity contribution in [2.45, 2.75) is 13.3 Å². The zero-order valence-electron chi connectivity index (χ0n) is 10.1. The van der Waals surface area contributed by atoms with E-state index in [0.717, 1.165) is 5.56 Å². The predicted octanol–water partition coefficient (Wildman–Crippen LogP) is 0.754. The lowest BCUT2D eigenvalue weighted by Crippen LogP contribution is -2.28. The third-order valence-electron chi connectivity index (χ3n) is 2.87. The second-order valence-electron chi connectivity index (χ2n) is 4.20. The molecule has 1 fully saturated rings. The van der Waals surface area contributed by atoms with Gasteiger partial charge in [-0.1, -0.05) is 17.7 Å². The molecule has 0 unspecified atom stereocenters. The van der Waals surface area contributed by atoms with Crippen LogP contribution in [-0.4, -0.2) is 17.7 Å². The third-order valence-corrected chi connectivity index (χ3v) is 3.28. The molecule has 100 valence electrons. The number of anilines is 1. The van der Waals surface area contributed by atoms with Crippen molar-refractivity contribution in [1.82, 2.24) is 10.9 Å². The van der Waals surface area contributed by atoms with Crippen LogP contribution < -0.4 is 16.2 Å². The first-order chi connectivity index (χ1) is 8.99. The summed E-state index contributed by atoms with van der Waals surface area (Å²) in [6.45, 7) is 1.77. The molecule has 3 amide bonds. The Balaban J connectivity index is 2.04. The summed E-state index contributed by atoms with van der Waals surface area (Å²) in [5, 5.41) is 3.17. The molecular weight excluding hydrogens is 270 g/mol. The van der Waals surface area contributed by atoms with Gasteiger partial charge in [0.1, 0.15) is 5.92 Å². The van der Waals surface area contributed by atoms with Crippen LogP contribution in [0.25, 0.3) is 0 Å². The topological polar surface area (TPSA) is 87.3 Å². The summed E-state index contributed by atoms with van der Waals surface area (Å²) in [5.41, 5.74) is 5.64. The van der Waals surface area contributed by atoms with Gasteiger partial charge in [0, 0.05) is 17.1 Å².